The van der Waals surface area contributed by atoms with Crippen molar-refractivity contribution in [3.8, 4) is 11.8 Å². The summed E-state index contributed by atoms with van der Waals surface area (Å²) in [5.41, 5.74) is -1.38. The van der Waals surface area contributed by atoms with Crippen molar-refractivity contribution in [2.45, 2.75) is 55.0 Å². The van der Waals surface area contributed by atoms with Crippen LogP contribution in [0.25, 0.3) is 16.7 Å². The molecular formula is C28H24F2N6O3. The molecule has 0 spiro atoms. The normalized spacial score (nSPS) is 23.1. The minimum atomic E-state index is -3.08. The van der Waals surface area contributed by atoms with E-state index in [0.29, 0.717) is 35.1 Å². The Kier molecular flexibility index (Phi) is 5.71. The molecule has 2 heterocycles. The van der Waals surface area contributed by atoms with Crippen LogP contribution in [0.2, 0.25) is 0 Å². The van der Waals surface area contributed by atoms with E-state index in [4.69, 9.17) is 4.42 Å². The number of nitrogens with zero attached hydrogens (tertiary/aromatic N) is 4. The topological polar surface area (TPSA) is 126 Å². The molecule has 9 nitrogen and oxygen atoms in total. The predicted molar refractivity (Wildman–Crippen MR) is 135 cm³/mol. The van der Waals surface area contributed by atoms with E-state index in [1.165, 1.54) is 17.3 Å². The van der Waals surface area contributed by atoms with Crippen molar-refractivity contribution in [3.63, 3.8) is 0 Å². The van der Waals surface area contributed by atoms with Crippen LogP contribution >= 0.6 is 0 Å². The van der Waals surface area contributed by atoms with Crippen LogP contribution in [0, 0.1) is 11.3 Å². The quantitative estimate of drug-likeness (QED) is 0.384. The summed E-state index contributed by atoms with van der Waals surface area (Å²) in [5.74, 6) is -5.61. The minimum absolute atomic E-state index is 0.0442. The molecule has 0 aliphatic heterocycles. The number of fused-ring (bicyclic) bond motifs is 1. The number of amides is 2. The molecule has 0 saturated heterocycles. The Morgan fingerprint density at radius 1 is 1.05 bits per heavy atom. The van der Waals surface area contributed by atoms with Crippen LogP contribution in [0.4, 0.5) is 8.78 Å². The van der Waals surface area contributed by atoms with Gasteiger partial charge >= 0.3 is 0 Å². The van der Waals surface area contributed by atoms with Gasteiger partial charge in [0, 0.05) is 24.1 Å². The highest BCUT2D eigenvalue weighted by Gasteiger charge is 2.58. The molecule has 2 aliphatic rings. The lowest BCUT2D eigenvalue weighted by molar-refractivity contribution is -0.135. The largest absolute Gasteiger partial charge is 0.451 e. The summed E-state index contributed by atoms with van der Waals surface area (Å²) in [6.45, 7) is 0. The first-order valence-corrected chi connectivity index (χ1v) is 12.6. The van der Waals surface area contributed by atoms with Crippen LogP contribution in [0.1, 0.15) is 54.1 Å². The maximum atomic E-state index is 15.0. The van der Waals surface area contributed by atoms with Gasteiger partial charge in [-0.3, -0.25) is 9.59 Å². The number of carbonyl (C=O) groups is 2. The van der Waals surface area contributed by atoms with Gasteiger partial charge in [0.05, 0.1) is 11.8 Å². The molecule has 6 rings (SSSR count). The van der Waals surface area contributed by atoms with E-state index < -0.39 is 47.6 Å². The zero-order valence-electron chi connectivity index (χ0n) is 20.7. The van der Waals surface area contributed by atoms with Crippen LogP contribution in [0.3, 0.4) is 0 Å². The number of aromatic nitrogens is 3. The average molecular weight is 531 g/mol. The van der Waals surface area contributed by atoms with Crippen LogP contribution < -0.4 is 10.6 Å². The van der Waals surface area contributed by atoms with Gasteiger partial charge in [-0.15, -0.1) is 0 Å². The van der Waals surface area contributed by atoms with Gasteiger partial charge in [0.25, 0.3) is 5.91 Å². The first kappa shape index (κ1) is 24.7. The first-order chi connectivity index (χ1) is 18.7. The second kappa shape index (κ2) is 9.01. The predicted octanol–water partition coefficient (Wildman–Crippen LogP) is 4.26. The lowest BCUT2D eigenvalue weighted by Crippen LogP contribution is -2.66. The molecule has 2 amide bonds. The number of furan rings is 1. The lowest BCUT2D eigenvalue weighted by Gasteiger charge is -2.46. The molecule has 2 unspecified atom stereocenters. The summed E-state index contributed by atoms with van der Waals surface area (Å²) >= 11 is 0. The van der Waals surface area contributed by atoms with Crippen molar-refractivity contribution in [1.29, 1.82) is 5.26 Å². The number of nitriles is 1. The van der Waals surface area contributed by atoms with Crippen molar-refractivity contribution in [3.05, 3.63) is 78.6 Å². The Labute approximate surface area is 221 Å². The van der Waals surface area contributed by atoms with Crippen LogP contribution in [-0.4, -0.2) is 43.6 Å². The van der Waals surface area contributed by atoms with E-state index in [0.717, 1.165) is 0 Å². The van der Waals surface area contributed by atoms with Crippen molar-refractivity contribution < 1.29 is 22.8 Å². The van der Waals surface area contributed by atoms with Crippen molar-refractivity contribution in [2.75, 3.05) is 0 Å². The van der Waals surface area contributed by atoms with Crippen LogP contribution in [-0.2, 0) is 4.79 Å². The van der Waals surface area contributed by atoms with Gasteiger partial charge in [-0.1, -0.05) is 30.3 Å². The van der Waals surface area contributed by atoms with Gasteiger partial charge in [0.15, 0.2) is 5.76 Å². The van der Waals surface area contributed by atoms with Gasteiger partial charge in [-0.25, -0.2) is 18.4 Å². The van der Waals surface area contributed by atoms with Gasteiger partial charge in [-0.05, 0) is 49.1 Å². The van der Waals surface area contributed by atoms with Gasteiger partial charge < -0.3 is 15.1 Å². The number of carbonyl (C=O) groups excluding carboxylic acids is 2. The molecule has 2 N–H and O–H groups in total. The number of nitrogens with one attached hydrogen (secondary N) is 2. The number of hydrogen-bond acceptors (Lipinski definition) is 6. The SMILES string of the molecule is N#CC1(NC(=O)C2(NC(=O)c3cc4ccccc4o3)CCC(F)(F)CC2c2cccc(-n3cncn3)c2)CC1. The number of halogens is 2. The maximum absolute atomic E-state index is 15.0. The zero-order chi connectivity index (χ0) is 27.3. The summed E-state index contributed by atoms with van der Waals surface area (Å²) in [4.78, 5) is 31.5. The fourth-order valence-corrected chi connectivity index (χ4v) is 5.31. The standard InChI is InChI=1S/C28H24F2N6O3/c29-27(30)10-11-28(25(38)35-26(15-31)8-9-26,34-24(37)23-13-19-4-1-2-7-22(19)39-23)21(14-27)18-5-3-6-20(12-18)36-17-32-16-33-36/h1-7,12-13,16-17,21H,8-11,14H2,(H,34,37)(H,35,38). The Bertz CT molecular complexity index is 1570. The van der Waals surface area contributed by atoms with E-state index in [-0.39, 0.29) is 12.2 Å². The monoisotopic (exact) mass is 530 g/mol. The summed E-state index contributed by atoms with van der Waals surface area (Å²) in [7, 11) is 0. The minimum Gasteiger partial charge on any atom is -0.451 e. The Hall–Kier alpha value is -4.59. The average Bonchev–Trinajstić information content (AvgIpc) is 3.31. The molecule has 2 aromatic carbocycles. The fraction of sp³-hybridized carbons (Fsp3) is 0.321. The van der Waals surface area contributed by atoms with Crippen molar-refractivity contribution in [1.82, 2.24) is 25.4 Å². The summed E-state index contributed by atoms with van der Waals surface area (Å²) in [5, 5.41) is 20.0. The molecule has 198 valence electrons. The second-order valence-corrected chi connectivity index (χ2v) is 10.3. The summed E-state index contributed by atoms with van der Waals surface area (Å²) in [6.07, 6.45) is 2.10. The van der Waals surface area contributed by atoms with E-state index in [1.54, 1.807) is 54.6 Å². The smallest absolute Gasteiger partial charge is 0.287 e. The zero-order valence-corrected chi connectivity index (χ0v) is 20.7. The molecule has 4 aromatic rings. The third-order valence-corrected chi connectivity index (χ3v) is 7.65. The second-order valence-electron chi connectivity index (χ2n) is 10.3. The van der Waals surface area contributed by atoms with Gasteiger partial charge in [0.2, 0.25) is 11.8 Å². The van der Waals surface area contributed by atoms with E-state index in [1.807, 2.05) is 0 Å². The maximum Gasteiger partial charge on any atom is 0.287 e. The van der Waals surface area contributed by atoms with E-state index in [9.17, 15) is 23.6 Å². The molecule has 0 bridgehead atoms. The van der Waals surface area contributed by atoms with Gasteiger partial charge in [0.1, 0.15) is 29.3 Å². The number of hydrogen-bond donors (Lipinski definition) is 2. The van der Waals surface area contributed by atoms with E-state index in [2.05, 4.69) is 26.8 Å². The summed E-state index contributed by atoms with van der Waals surface area (Å²) in [6, 6.07) is 17.4. The number of para-hydroxylation sites is 1. The van der Waals surface area contributed by atoms with Crippen molar-refractivity contribution in [2.24, 2.45) is 0 Å². The molecule has 2 saturated carbocycles. The van der Waals surface area contributed by atoms with Crippen molar-refractivity contribution >= 4 is 22.8 Å². The molecule has 0 radical (unpaired) electrons. The molecule has 39 heavy (non-hydrogen) atoms. The molecule has 2 fully saturated rings. The third-order valence-electron chi connectivity index (χ3n) is 7.65. The molecule has 2 aromatic heterocycles. The Morgan fingerprint density at radius 2 is 1.87 bits per heavy atom. The Morgan fingerprint density at radius 3 is 2.59 bits per heavy atom. The van der Waals surface area contributed by atoms with E-state index >= 15 is 0 Å². The summed E-state index contributed by atoms with van der Waals surface area (Å²) < 4.78 is 37.2. The Balaban J connectivity index is 1.44. The molecular weight excluding hydrogens is 506 g/mol. The van der Waals surface area contributed by atoms with Crippen LogP contribution in [0.15, 0.2) is 71.7 Å². The molecule has 2 atom stereocenters. The van der Waals surface area contributed by atoms with Gasteiger partial charge in [-0.2, -0.15) is 10.4 Å². The van der Waals surface area contributed by atoms with Crippen LogP contribution in [0.5, 0.6) is 0 Å². The fourth-order valence-electron chi connectivity index (χ4n) is 5.31. The highest BCUT2D eigenvalue weighted by Crippen LogP contribution is 2.49. The lowest BCUT2D eigenvalue weighted by atomic mass is 9.67. The molecule has 2 aliphatic carbocycles. The third kappa shape index (κ3) is 4.52. The highest BCUT2D eigenvalue weighted by molar-refractivity contribution is 6.01. The highest BCUT2D eigenvalue weighted by atomic mass is 19.3. The number of alkyl halides is 2. The first-order valence-electron chi connectivity index (χ1n) is 12.6. The number of benzene rings is 2. The number of rotatable bonds is 6. The molecule has 11 heteroatoms.